The average molecular weight is 336 g/mol. The largest absolute Gasteiger partial charge is 0.452 e. The van der Waals surface area contributed by atoms with Crippen LogP contribution in [0.15, 0.2) is 54.7 Å². The lowest BCUT2D eigenvalue weighted by atomic mass is 10.0. The van der Waals surface area contributed by atoms with E-state index in [2.05, 4.69) is 4.98 Å². The first-order valence-electron chi connectivity index (χ1n) is 7.60. The van der Waals surface area contributed by atoms with Crippen LogP contribution >= 0.6 is 0 Å². The molecule has 2 heterocycles. The van der Waals surface area contributed by atoms with Crippen molar-refractivity contribution < 1.29 is 18.7 Å². The van der Waals surface area contributed by atoms with Crippen molar-refractivity contribution in [3.8, 4) is 0 Å². The summed E-state index contributed by atoms with van der Waals surface area (Å²) in [6.07, 6.45) is 0.872. The van der Waals surface area contributed by atoms with Crippen molar-refractivity contribution in [1.82, 2.24) is 9.55 Å². The molecule has 0 aliphatic rings. The topological polar surface area (TPSA) is 64.1 Å². The van der Waals surface area contributed by atoms with Crippen LogP contribution in [0.3, 0.4) is 0 Å². The Morgan fingerprint density at radius 2 is 1.76 bits per heavy atom. The summed E-state index contributed by atoms with van der Waals surface area (Å²) in [6.45, 7) is 0. The lowest BCUT2D eigenvalue weighted by Crippen LogP contribution is -2.17. The number of rotatable bonds is 2. The molecule has 0 spiro atoms. The van der Waals surface area contributed by atoms with Crippen molar-refractivity contribution in [3.05, 3.63) is 71.8 Å². The summed E-state index contributed by atoms with van der Waals surface area (Å²) in [5.41, 5.74) is 1.98. The van der Waals surface area contributed by atoms with Crippen molar-refractivity contribution >= 4 is 33.7 Å². The third-order valence-electron chi connectivity index (χ3n) is 4.16. The fourth-order valence-electron chi connectivity index (χ4n) is 3.03. The molecule has 2 aromatic heterocycles. The molecule has 0 aliphatic carbocycles. The quantitative estimate of drug-likeness (QED) is 0.560. The number of methoxy groups -OCH3 is 1. The summed E-state index contributed by atoms with van der Waals surface area (Å²) in [5.74, 6) is -0.817. The molecule has 0 radical (unpaired) electrons. The van der Waals surface area contributed by atoms with Gasteiger partial charge in [-0.25, -0.2) is 13.8 Å². The number of carbonyl (C=O) groups excluding carboxylic acids is 2. The molecule has 0 fully saturated rings. The number of nitrogens with one attached hydrogen (secondary N) is 1. The molecule has 124 valence electrons. The van der Waals surface area contributed by atoms with Gasteiger partial charge in [-0.15, -0.1) is 0 Å². The molecule has 0 amide bonds. The number of para-hydroxylation sites is 1. The van der Waals surface area contributed by atoms with Gasteiger partial charge in [0.1, 0.15) is 11.5 Å². The van der Waals surface area contributed by atoms with Gasteiger partial charge in [0.15, 0.2) is 0 Å². The minimum Gasteiger partial charge on any atom is -0.452 e. The first kappa shape index (κ1) is 15.1. The van der Waals surface area contributed by atoms with Gasteiger partial charge in [-0.05, 0) is 30.3 Å². The Morgan fingerprint density at radius 3 is 2.48 bits per heavy atom. The number of ketones is 1. The molecule has 2 aromatic carbocycles. The third-order valence-corrected chi connectivity index (χ3v) is 4.16. The Balaban J connectivity index is 2.03. The fourth-order valence-corrected chi connectivity index (χ4v) is 3.03. The molecule has 0 unspecified atom stereocenters. The zero-order chi connectivity index (χ0) is 17.6. The summed E-state index contributed by atoms with van der Waals surface area (Å²) in [5, 5.41) is 1.46. The first-order valence-corrected chi connectivity index (χ1v) is 7.60. The Labute approximate surface area is 141 Å². The first-order chi connectivity index (χ1) is 12.1. The van der Waals surface area contributed by atoms with Crippen LogP contribution in [0.4, 0.5) is 9.18 Å². The number of hydrogen-bond donors (Lipinski definition) is 1. The van der Waals surface area contributed by atoms with E-state index in [1.807, 2.05) is 24.3 Å². The Morgan fingerprint density at radius 1 is 1.04 bits per heavy atom. The number of aromatic amines is 1. The number of carbonyl (C=O) groups is 2. The van der Waals surface area contributed by atoms with E-state index in [0.717, 1.165) is 10.9 Å². The van der Waals surface area contributed by atoms with Crippen LogP contribution in [0.2, 0.25) is 0 Å². The van der Waals surface area contributed by atoms with Gasteiger partial charge in [-0.3, -0.25) is 4.79 Å². The highest BCUT2D eigenvalue weighted by molar-refractivity contribution is 6.23. The van der Waals surface area contributed by atoms with Crippen LogP contribution in [0.5, 0.6) is 0 Å². The predicted molar refractivity (Wildman–Crippen MR) is 91.4 cm³/mol. The lowest BCUT2D eigenvalue weighted by molar-refractivity contribution is 0.102. The zero-order valence-corrected chi connectivity index (χ0v) is 13.2. The number of aromatic nitrogens is 2. The number of fused-ring (bicyclic) bond motifs is 3. The fraction of sp³-hybridized carbons (Fsp3) is 0.0526. The molecule has 0 saturated carbocycles. The standard InChI is InChI=1S/C19H13FN2O3/c1-25-19(24)22-10-15-16(13-4-2-3-5-14(13)21-15)17(22)18(23)11-6-8-12(20)9-7-11/h2-10,21H,1H3. The summed E-state index contributed by atoms with van der Waals surface area (Å²) in [4.78, 5) is 28.4. The number of hydrogen-bond acceptors (Lipinski definition) is 3. The molecule has 0 atom stereocenters. The maximum Gasteiger partial charge on any atom is 0.418 e. The lowest BCUT2D eigenvalue weighted by Gasteiger charge is -2.07. The van der Waals surface area contributed by atoms with Gasteiger partial charge in [-0.2, -0.15) is 0 Å². The van der Waals surface area contributed by atoms with Gasteiger partial charge in [0.25, 0.3) is 0 Å². The summed E-state index contributed by atoms with van der Waals surface area (Å²) in [7, 11) is 1.25. The van der Waals surface area contributed by atoms with Crippen LogP contribution in [0, 0.1) is 5.82 Å². The number of ether oxygens (including phenoxy) is 1. The molecule has 1 N–H and O–H groups in total. The molecule has 4 aromatic rings. The van der Waals surface area contributed by atoms with Gasteiger partial charge >= 0.3 is 6.09 Å². The van der Waals surface area contributed by atoms with Gasteiger partial charge in [0.05, 0.1) is 12.6 Å². The van der Waals surface area contributed by atoms with E-state index in [1.165, 1.54) is 42.1 Å². The van der Waals surface area contributed by atoms with Gasteiger partial charge in [-0.1, -0.05) is 18.2 Å². The van der Waals surface area contributed by atoms with Crippen LogP contribution in [0.25, 0.3) is 21.8 Å². The van der Waals surface area contributed by atoms with Crippen molar-refractivity contribution in [1.29, 1.82) is 0 Å². The SMILES string of the molecule is COC(=O)n1cc2[nH]c3ccccc3c2c1C(=O)c1ccc(F)cc1. The van der Waals surface area contributed by atoms with Gasteiger partial charge in [0.2, 0.25) is 5.78 Å². The molecule has 0 aliphatic heterocycles. The Bertz CT molecular complexity index is 1120. The average Bonchev–Trinajstić information content (AvgIpc) is 3.17. The number of nitrogens with zero attached hydrogens (tertiary/aromatic N) is 1. The van der Waals surface area contributed by atoms with E-state index < -0.39 is 11.9 Å². The molecular formula is C19H13FN2O3. The summed E-state index contributed by atoms with van der Waals surface area (Å²) < 4.78 is 19.1. The van der Waals surface area contributed by atoms with Crippen LogP contribution in [-0.4, -0.2) is 28.5 Å². The van der Waals surface area contributed by atoms with Gasteiger partial charge < -0.3 is 9.72 Å². The van der Waals surface area contributed by atoms with Crippen molar-refractivity contribution in [2.75, 3.05) is 7.11 Å². The van der Waals surface area contributed by atoms with E-state index in [4.69, 9.17) is 4.74 Å². The van der Waals surface area contributed by atoms with Crippen molar-refractivity contribution in [2.24, 2.45) is 0 Å². The monoisotopic (exact) mass is 336 g/mol. The highest BCUT2D eigenvalue weighted by Crippen LogP contribution is 2.31. The second-order valence-corrected chi connectivity index (χ2v) is 5.61. The number of benzene rings is 2. The Kier molecular flexibility index (Phi) is 3.39. The number of halogens is 1. The molecule has 0 saturated heterocycles. The highest BCUT2D eigenvalue weighted by atomic mass is 19.1. The van der Waals surface area contributed by atoms with E-state index in [9.17, 15) is 14.0 Å². The predicted octanol–water partition coefficient (Wildman–Crippen LogP) is 4.11. The van der Waals surface area contributed by atoms with Crippen molar-refractivity contribution in [3.63, 3.8) is 0 Å². The Hall–Kier alpha value is -3.41. The minimum atomic E-state index is -0.667. The summed E-state index contributed by atoms with van der Waals surface area (Å²) in [6, 6.07) is 12.7. The molecule has 5 nitrogen and oxygen atoms in total. The van der Waals surface area contributed by atoms with Crippen molar-refractivity contribution in [2.45, 2.75) is 0 Å². The summed E-state index contributed by atoms with van der Waals surface area (Å²) >= 11 is 0. The second-order valence-electron chi connectivity index (χ2n) is 5.61. The normalized spacial score (nSPS) is 11.1. The van der Waals surface area contributed by atoms with E-state index >= 15 is 0 Å². The van der Waals surface area contributed by atoms with E-state index in [-0.39, 0.29) is 17.0 Å². The molecule has 6 heteroatoms. The molecule has 0 bridgehead atoms. The second kappa shape index (κ2) is 5.59. The zero-order valence-electron chi connectivity index (χ0n) is 13.2. The smallest absolute Gasteiger partial charge is 0.418 e. The molecule has 4 rings (SSSR count). The van der Waals surface area contributed by atoms with E-state index in [1.54, 1.807) is 0 Å². The molecular weight excluding hydrogens is 323 g/mol. The van der Waals surface area contributed by atoms with Crippen LogP contribution in [0.1, 0.15) is 16.1 Å². The maximum absolute atomic E-state index is 13.2. The maximum atomic E-state index is 13.2. The molecule has 25 heavy (non-hydrogen) atoms. The highest BCUT2D eigenvalue weighted by Gasteiger charge is 2.25. The van der Waals surface area contributed by atoms with Gasteiger partial charge in [0, 0.05) is 28.0 Å². The van der Waals surface area contributed by atoms with E-state index in [0.29, 0.717) is 10.9 Å². The minimum absolute atomic E-state index is 0.186. The number of H-pyrrole nitrogens is 1. The van der Waals surface area contributed by atoms with Crippen LogP contribution < -0.4 is 0 Å². The van der Waals surface area contributed by atoms with Crippen LogP contribution in [-0.2, 0) is 4.74 Å². The third kappa shape index (κ3) is 2.30.